The molecule has 0 aromatic heterocycles. The fourth-order valence-corrected chi connectivity index (χ4v) is 4.02. The Morgan fingerprint density at radius 1 is 0.944 bits per heavy atom. The molecule has 5 nitrogen and oxygen atoms in total. The summed E-state index contributed by atoms with van der Waals surface area (Å²) in [5.74, 6) is 0.733. The van der Waals surface area contributed by atoms with Crippen molar-refractivity contribution in [3.05, 3.63) is 113 Å². The van der Waals surface area contributed by atoms with Crippen molar-refractivity contribution in [2.45, 2.75) is 19.4 Å². The van der Waals surface area contributed by atoms with Crippen LogP contribution in [0.4, 0.5) is 0 Å². The fraction of sp³-hybridized carbons (Fsp3) is 0.161. The van der Waals surface area contributed by atoms with Crippen LogP contribution in [0.2, 0.25) is 0 Å². The predicted octanol–water partition coefficient (Wildman–Crippen LogP) is 6.08. The number of carbonyl (C=O) groups is 1. The highest BCUT2D eigenvalue weighted by atomic mass is 16.5. The van der Waals surface area contributed by atoms with Gasteiger partial charge in [0.05, 0.1) is 7.11 Å². The van der Waals surface area contributed by atoms with E-state index >= 15 is 0 Å². The molecule has 4 aromatic carbocycles. The Bertz CT molecular complexity index is 1400. The Hall–Kier alpha value is -4.56. The van der Waals surface area contributed by atoms with Crippen molar-refractivity contribution in [3.8, 4) is 17.6 Å². The van der Waals surface area contributed by atoms with Crippen molar-refractivity contribution in [2.24, 2.45) is 0 Å². The van der Waals surface area contributed by atoms with E-state index < -0.39 is 0 Å². The number of fused-ring (bicyclic) bond motifs is 1. The lowest BCUT2D eigenvalue weighted by atomic mass is 10.1. The van der Waals surface area contributed by atoms with Gasteiger partial charge in [-0.15, -0.1) is 0 Å². The average molecular weight is 477 g/mol. The van der Waals surface area contributed by atoms with Crippen LogP contribution in [0.5, 0.6) is 11.5 Å². The van der Waals surface area contributed by atoms with E-state index in [4.69, 9.17) is 9.47 Å². The van der Waals surface area contributed by atoms with Crippen molar-refractivity contribution < 1.29 is 14.3 Å². The monoisotopic (exact) mass is 476 g/mol. The smallest absolute Gasteiger partial charge is 0.261 e. The molecule has 0 aliphatic rings. The highest BCUT2D eigenvalue weighted by Crippen LogP contribution is 2.30. The number of hydrogen-bond donors (Lipinski definition) is 1. The number of rotatable bonds is 10. The molecule has 0 atom stereocenters. The zero-order chi connectivity index (χ0) is 25.2. The van der Waals surface area contributed by atoms with Crippen LogP contribution in [0.25, 0.3) is 16.8 Å². The van der Waals surface area contributed by atoms with E-state index in [2.05, 4.69) is 35.6 Å². The van der Waals surface area contributed by atoms with Crippen LogP contribution in [-0.4, -0.2) is 19.6 Å². The van der Waals surface area contributed by atoms with Gasteiger partial charge < -0.3 is 14.8 Å². The summed E-state index contributed by atoms with van der Waals surface area (Å²) in [6, 6.07) is 31.8. The SMILES string of the molecule is COc1cc(/C=C(/C#N)C(=O)NCCCc2ccccc2)ccc1OCc1cccc2ccccc12. The number of ether oxygens (including phenoxy) is 2. The molecule has 1 amide bonds. The van der Waals surface area contributed by atoms with Gasteiger partial charge in [-0.1, -0.05) is 78.9 Å². The first kappa shape index (κ1) is 24.6. The molecule has 36 heavy (non-hydrogen) atoms. The summed E-state index contributed by atoms with van der Waals surface area (Å²) in [4.78, 5) is 12.5. The number of hydrogen-bond acceptors (Lipinski definition) is 4. The van der Waals surface area contributed by atoms with Crippen LogP contribution < -0.4 is 14.8 Å². The second-order valence-corrected chi connectivity index (χ2v) is 8.35. The molecule has 5 heteroatoms. The average Bonchev–Trinajstić information content (AvgIpc) is 2.93. The number of aryl methyl sites for hydroxylation is 1. The summed E-state index contributed by atoms with van der Waals surface area (Å²) in [5, 5.41) is 14.7. The Morgan fingerprint density at radius 3 is 2.53 bits per heavy atom. The third-order valence-corrected chi connectivity index (χ3v) is 5.90. The molecule has 180 valence electrons. The minimum Gasteiger partial charge on any atom is -0.493 e. The number of methoxy groups -OCH3 is 1. The second-order valence-electron chi connectivity index (χ2n) is 8.35. The van der Waals surface area contributed by atoms with Gasteiger partial charge in [0.25, 0.3) is 5.91 Å². The number of benzene rings is 4. The molecule has 0 heterocycles. The van der Waals surface area contributed by atoms with Crippen LogP contribution in [-0.2, 0) is 17.8 Å². The molecule has 0 unspecified atom stereocenters. The standard InChI is InChI=1S/C31H28N2O3/c1-35-30-20-24(19-27(21-32)31(34)33-18-8-11-23-9-3-2-4-10-23)16-17-29(30)36-22-26-14-7-13-25-12-5-6-15-28(25)26/h2-7,9-10,12-17,19-20H,8,11,18,22H2,1H3,(H,33,34)/b27-19-. The number of amides is 1. The van der Waals surface area contributed by atoms with Crippen molar-refractivity contribution in [2.75, 3.05) is 13.7 Å². The number of nitrogens with zero attached hydrogens (tertiary/aromatic N) is 1. The quantitative estimate of drug-likeness (QED) is 0.171. The zero-order valence-electron chi connectivity index (χ0n) is 20.2. The topological polar surface area (TPSA) is 71.3 Å². The fourth-order valence-electron chi connectivity index (χ4n) is 4.02. The molecule has 4 aromatic rings. The normalized spacial score (nSPS) is 11.1. The summed E-state index contributed by atoms with van der Waals surface area (Å²) in [6.07, 6.45) is 3.22. The summed E-state index contributed by atoms with van der Waals surface area (Å²) < 4.78 is 11.6. The zero-order valence-corrected chi connectivity index (χ0v) is 20.2. The van der Waals surface area contributed by atoms with Crippen molar-refractivity contribution in [1.82, 2.24) is 5.32 Å². The minimum atomic E-state index is -0.388. The second kappa shape index (κ2) is 12.2. The van der Waals surface area contributed by atoms with Crippen LogP contribution >= 0.6 is 0 Å². The molecule has 0 fully saturated rings. The lowest BCUT2D eigenvalue weighted by Gasteiger charge is -2.13. The summed E-state index contributed by atoms with van der Waals surface area (Å²) >= 11 is 0. The van der Waals surface area contributed by atoms with Gasteiger partial charge in [0, 0.05) is 6.54 Å². The van der Waals surface area contributed by atoms with E-state index in [0.717, 1.165) is 29.2 Å². The maximum atomic E-state index is 12.5. The molecule has 0 saturated carbocycles. The molecule has 0 aliphatic carbocycles. The third-order valence-electron chi connectivity index (χ3n) is 5.90. The predicted molar refractivity (Wildman–Crippen MR) is 143 cm³/mol. The molecule has 1 N–H and O–H groups in total. The Labute approximate surface area is 211 Å². The van der Waals surface area contributed by atoms with E-state index in [1.165, 1.54) is 5.56 Å². The molecule has 0 radical (unpaired) electrons. The lowest BCUT2D eigenvalue weighted by molar-refractivity contribution is -0.117. The Kier molecular flexibility index (Phi) is 8.35. The van der Waals surface area contributed by atoms with Crippen LogP contribution in [0.15, 0.2) is 96.6 Å². The van der Waals surface area contributed by atoms with Gasteiger partial charge in [0.15, 0.2) is 11.5 Å². The first-order valence-electron chi connectivity index (χ1n) is 11.9. The number of carbonyl (C=O) groups excluding carboxylic acids is 1. The summed E-state index contributed by atoms with van der Waals surface area (Å²) in [7, 11) is 1.57. The van der Waals surface area contributed by atoms with Crippen molar-refractivity contribution in [1.29, 1.82) is 5.26 Å². The van der Waals surface area contributed by atoms with Gasteiger partial charge in [-0.3, -0.25) is 4.79 Å². The van der Waals surface area contributed by atoms with Crippen LogP contribution in [0.1, 0.15) is 23.1 Å². The van der Waals surface area contributed by atoms with E-state index in [9.17, 15) is 10.1 Å². The maximum absolute atomic E-state index is 12.5. The third kappa shape index (κ3) is 6.31. The highest BCUT2D eigenvalue weighted by molar-refractivity contribution is 6.01. The summed E-state index contributed by atoms with van der Waals surface area (Å²) in [5.41, 5.74) is 3.02. The molecule has 0 saturated heterocycles. The molecule has 0 aliphatic heterocycles. The van der Waals surface area contributed by atoms with E-state index in [0.29, 0.717) is 30.2 Å². The summed E-state index contributed by atoms with van der Waals surface area (Å²) in [6.45, 7) is 0.888. The van der Waals surface area contributed by atoms with E-state index in [-0.39, 0.29) is 11.5 Å². The molecule has 0 spiro atoms. The molecular weight excluding hydrogens is 448 g/mol. The van der Waals surface area contributed by atoms with Gasteiger partial charge >= 0.3 is 0 Å². The van der Waals surface area contributed by atoms with Gasteiger partial charge in [0.1, 0.15) is 18.2 Å². The highest BCUT2D eigenvalue weighted by Gasteiger charge is 2.11. The van der Waals surface area contributed by atoms with Gasteiger partial charge in [-0.05, 0) is 58.5 Å². The lowest BCUT2D eigenvalue weighted by Crippen LogP contribution is -2.25. The van der Waals surface area contributed by atoms with Crippen LogP contribution in [0, 0.1) is 11.3 Å². The van der Waals surface area contributed by atoms with Gasteiger partial charge in [-0.2, -0.15) is 5.26 Å². The van der Waals surface area contributed by atoms with E-state index in [1.54, 1.807) is 31.4 Å². The number of nitriles is 1. The minimum absolute atomic E-state index is 0.0428. The van der Waals surface area contributed by atoms with E-state index in [1.807, 2.05) is 48.5 Å². The van der Waals surface area contributed by atoms with Crippen molar-refractivity contribution >= 4 is 22.8 Å². The van der Waals surface area contributed by atoms with Crippen LogP contribution in [0.3, 0.4) is 0 Å². The first-order chi connectivity index (χ1) is 17.7. The number of nitrogens with one attached hydrogen (secondary N) is 1. The maximum Gasteiger partial charge on any atom is 0.261 e. The van der Waals surface area contributed by atoms with Crippen molar-refractivity contribution in [3.63, 3.8) is 0 Å². The molecule has 4 rings (SSSR count). The Morgan fingerprint density at radius 2 is 1.72 bits per heavy atom. The molecular formula is C31H28N2O3. The Balaban J connectivity index is 1.39. The largest absolute Gasteiger partial charge is 0.493 e. The van der Waals surface area contributed by atoms with Gasteiger partial charge in [0.2, 0.25) is 0 Å². The molecule has 0 bridgehead atoms. The van der Waals surface area contributed by atoms with Gasteiger partial charge in [-0.25, -0.2) is 0 Å². The first-order valence-corrected chi connectivity index (χ1v) is 11.9.